The van der Waals surface area contributed by atoms with Gasteiger partial charge < -0.3 is 10.6 Å². The van der Waals surface area contributed by atoms with Gasteiger partial charge in [0.25, 0.3) is 0 Å². The van der Waals surface area contributed by atoms with Crippen LogP contribution in [-0.4, -0.2) is 25.1 Å². The molecule has 0 aliphatic heterocycles. The number of rotatable bonds is 7. The molecule has 2 aliphatic carbocycles. The zero-order valence-electron chi connectivity index (χ0n) is 15.9. The van der Waals surface area contributed by atoms with Gasteiger partial charge in [-0.2, -0.15) is 20.1 Å². The van der Waals surface area contributed by atoms with E-state index in [4.69, 9.17) is 0 Å². The van der Waals surface area contributed by atoms with Crippen molar-refractivity contribution in [2.75, 3.05) is 10.6 Å². The lowest BCUT2D eigenvalue weighted by molar-refractivity contribution is 0.566. The number of halogens is 2. The Labute approximate surface area is 166 Å². The molecule has 2 fully saturated rings. The lowest BCUT2D eigenvalue weighted by Crippen LogP contribution is -2.14. The van der Waals surface area contributed by atoms with Crippen LogP contribution in [0.5, 0.6) is 0 Å². The van der Waals surface area contributed by atoms with E-state index in [2.05, 4.69) is 35.8 Å². The number of nitrogens with zero attached hydrogens (tertiary/aromatic N) is 4. The molecule has 0 bridgehead atoms. The second-order valence-corrected chi connectivity index (χ2v) is 7.75. The number of nitrogens with one attached hydrogen (secondary N) is 3. The summed E-state index contributed by atoms with van der Waals surface area (Å²) < 4.78 is 27.3. The van der Waals surface area contributed by atoms with Crippen LogP contribution < -0.4 is 10.6 Å². The van der Waals surface area contributed by atoms with Gasteiger partial charge in [0.1, 0.15) is 17.5 Å². The van der Waals surface area contributed by atoms with Crippen LogP contribution in [0.25, 0.3) is 0 Å². The predicted molar refractivity (Wildman–Crippen MR) is 104 cm³/mol. The standard InChI is InChI=1S/C20H21F2N7/c1-10(14-7-6-13(21)8-15(14)22)23-19-25-18(12-4-5-12)26-20(27-19)24-17-9-16(28-29-17)11-2-3-11/h6-12H,2-5H2,1H3,(H3,23,24,25,26,27,28,29)/t10-/m1/s1. The van der Waals surface area contributed by atoms with Crippen LogP contribution in [-0.2, 0) is 0 Å². The summed E-state index contributed by atoms with van der Waals surface area (Å²) in [4.78, 5) is 13.4. The van der Waals surface area contributed by atoms with Crippen molar-refractivity contribution in [3.05, 3.63) is 53.0 Å². The Hall–Kier alpha value is -3.10. The van der Waals surface area contributed by atoms with Crippen molar-refractivity contribution < 1.29 is 8.78 Å². The molecule has 0 saturated heterocycles. The summed E-state index contributed by atoms with van der Waals surface area (Å²) in [6, 6.07) is 5.07. The Bertz CT molecular complexity index is 1040. The highest BCUT2D eigenvalue weighted by atomic mass is 19.1. The van der Waals surface area contributed by atoms with E-state index in [-0.39, 0.29) is 0 Å². The molecule has 7 nitrogen and oxygen atoms in total. The molecule has 3 aromatic rings. The molecule has 0 radical (unpaired) electrons. The van der Waals surface area contributed by atoms with Gasteiger partial charge in [0.05, 0.1) is 6.04 Å². The van der Waals surface area contributed by atoms with Gasteiger partial charge in [0.15, 0.2) is 5.82 Å². The highest BCUT2D eigenvalue weighted by Crippen LogP contribution is 2.40. The second kappa shape index (κ2) is 7.06. The Morgan fingerprint density at radius 2 is 1.76 bits per heavy atom. The van der Waals surface area contributed by atoms with E-state index < -0.39 is 17.7 Å². The Morgan fingerprint density at radius 1 is 1.00 bits per heavy atom. The van der Waals surface area contributed by atoms with Crippen molar-refractivity contribution in [3.8, 4) is 0 Å². The van der Waals surface area contributed by atoms with Crippen LogP contribution in [0.4, 0.5) is 26.5 Å². The van der Waals surface area contributed by atoms with Crippen molar-refractivity contribution >= 4 is 17.7 Å². The molecule has 1 atom stereocenters. The third-order valence-electron chi connectivity index (χ3n) is 5.22. The third-order valence-corrected chi connectivity index (χ3v) is 5.22. The first-order valence-electron chi connectivity index (χ1n) is 9.85. The molecule has 2 aromatic heterocycles. The van der Waals surface area contributed by atoms with Gasteiger partial charge in [-0.05, 0) is 38.7 Å². The average Bonchev–Trinajstić information content (AvgIpc) is 3.60. The Kier molecular flexibility index (Phi) is 4.37. The Balaban J connectivity index is 1.38. The van der Waals surface area contributed by atoms with Crippen LogP contribution in [0.1, 0.15) is 67.6 Å². The molecule has 0 amide bonds. The molecule has 9 heteroatoms. The van der Waals surface area contributed by atoms with Crippen LogP contribution in [0.2, 0.25) is 0 Å². The average molecular weight is 397 g/mol. The molecular formula is C20H21F2N7. The number of aromatic amines is 1. The summed E-state index contributed by atoms with van der Waals surface area (Å²) >= 11 is 0. The molecule has 1 aromatic carbocycles. The van der Waals surface area contributed by atoms with Crippen LogP contribution in [0, 0.1) is 11.6 Å². The van der Waals surface area contributed by atoms with Crippen molar-refractivity contribution in [2.24, 2.45) is 0 Å². The summed E-state index contributed by atoms with van der Waals surface area (Å²) in [5.74, 6) is 1.77. The number of H-pyrrole nitrogens is 1. The topological polar surface area (TPSA) is 91.4 Å². The first kappa shape index (κ1) is 18.0. The first-order chi connectivity index (χ1) is 14.0. The van der Waals surface area contributed by atoms with E-state index in [1.165, 1.54) is 25.0 Å². The van der Waals surface area contributed by atoms with Crippen LogP contribution in [0.15, 0.2) is 24.3 Å². The molecule has 2 aliphatic rings. The van der Waals surface area contributed by atoms with Crippen LogP contribution >= 0.6 is 0 Å². The minimum atomic E-state index is -0.607. The van der Waals surface area contributed by atoms with Gasteiger partial charge in [-0.3, -0.25) is 5.10 Å². The minimum Gasteiger partial charge on any atom is -0.347 e. The highest BCUT2D eigenvalue weighted by Gasteiger charge is 2.29. The van der Waals surface area contributed by atoms with E-state index in [0.29, 0.717) is 40.9 Å². The fraction of sp³-hybridized carbons (Fsp3) is 0.400. The van der Waals surface area contributed by atoms with Gasteiger partial charge in [-0.15, -0.1) is 0 Å². The fourth-order valence-electron chi connectivity index (χ4n) is 3.28. The maximum Gasteiger partial charge on any atom is 0.233 e. The number of anilines is 3. The molecular weight excluding hydrogens is 376 g/mol. The number of benzene rings is 1. The monoisotopic (exact) mass is 397 g/mol. The molecule has 29 heavy (non-hydrogen) atoms. The summed E-state index contributed by atoms with van der Waals surface area (Å²) in [6.45, 7) is 1.78. The van der Waals surface area contributed by atoms with Gasteiger partial charge in [-0.25, -0.2) is 8.78 Å². The molecule has 5 rings (SSSR count). The van der Waals surface area contributed by atoms with E-state index >= 15 is 0 Å². The number of aromatic nitrogens is 5. The van der Waals surface area contributed by atoms with Crippen molar-refractivity contribution in [1.82, 2.24) is 25.1 Å². The SMILES string of the molecule is C[C@@H](Nc1nc(Nc2cc(C3CC3)[nH]n2)nc(C2CC2)n1)c1ccc(F)cc1F. The summed E-state index contributed by atoms with van der Waals surface area (Å²) in [6.07, 6.45) is 4.45. The molecule has 0 unspecified atom stereocenters. The smallest absolute Gasteiger partial charge is 0.233 e. The maximum atomic E-state index is 14.1. The molecule has 150 valence electrons. The second-order valence-electron chi connectivity index (χ2n) is 7.75. The van der Waals surface area contributed by atoms with Gasteiger partial charge in [0, 0.05) is 35.2 Å². The van der Waals surface area contributed by atoms with Crippen molar-refractivity contribution in [3.63, 3.8) is 0 Å². The normalized spacial score (nSPS) is 17.2. The molecule has 2 heterocycles. The highest BCUT2D eigenvalue weighted by molar-refractivity contribution is 5.50. The zero-order chi connectivity index (χ0) is 20.0. The van der Waals surface area contributed by atoms with Gasteiger partial charge >= 0.3 is 0 Å². The van der Waals surface area contributed by atoms with Gasteiger partial charge in [0.2, 0.25) is 11.9 Å². The summed E-state index contributed by atoms with van der Waals surface area (Å²) in [7, 11) is 0. The van der Waals surface area contributed by atoms with E-state index in [0.717, 1.165) is 24.6 Å². The third kappa shape index (κ3) is 4.03. The van der Waals surface area contributed by atoms with E-state index in [1.54, 1.807) is 6.92 Å². The maximum absolute atomic E-state index is 14.1. The number of hydrogen-bond donors (Lipinski definition) is 3. The number of hydrogen-bond acceptors (Lipinski definition) is 6. The molecule has 3 N–H and O–H groups in total. The fourth-order valence-corrected chi connectivity index (χ4v) is 3.28. The zero-order valence-corrected chi connectivity index (χ0v) is 15.9. The van der Waals surface area contributed by atoms with E-state index in [1.807, 2.05) is 6.07 Å². The van der Waals surface area contributed by atoms with Crippen molar-refractivity contribution in [1.29, 1.82) is 0 Å². The summed E-state index contributed by atoms with van der Waals surface area (Å²) in [5.41, 5.74) is 1.46. The van der Waals surface area contributed by atoms with E-state index in [9.17, 15) is 8.78 Å². The Morgan fingerprint density at radius 3 is 2.48 bits per heavy atom. The lowest BCUT2D eigenvalue weighted by Gasteiger charge is -2.16. The van der Waals surface area contributed by atoms with Crippen LogP contribution in [0.3, 0.4) is 0 Å². The largest absolute Gasteiger partial charge is 0.347 e. The molecule has 2 saturated carbocycles. The summed E-state index contributed by atoms with van der Waals surface area (Å²) in [5, 5.41) is 13.6. The lowest BCUT2D eigenvalue weighted by atomic mass is 10.1. The minimum absolute atomic E-state index is 0.318. The quantitative estimate of drug-likeness (QED) is 0.542. The first-order valence-corrected chi connectivity index (χ1v) is 9.85. The van der Waals surface area contributed by atoms with Gasteiger partial charge in [-0.1, -0.05) is 6.07 Å². The molecule has 0 spiro atoms. The predicted octanol–water partition coefficient (Wildman–Crippen LogP) is 4.54. The van der Waals surface area contributed by atoms with Crippen molar-refractivity contribution in [2.45, 2.75) is 50.5 Å².